The van der Waals surface area contributed by atoms with E-state index in [0.717, 1.165) is 18.5 Å². The number of anilines is 1. The van der Waals surface area contributed by atoms with Gasteiger partial charge in [-0.25, -0.2) is 4.79 Å². The highest BCUT2D eigenvalue weighted by molar-refractivity contribution is 5.89. The van der Waals surface area contributed by atoms with Crippen LogP contribution in [0.15, 0.2) is 24.3 Å². The van der Waals surface area contributed by atoms with Gasteiger partial charge < -0.3 is 10.1 Å². The lowest BCUT2D eigenvalue weighted by Crippen LogP contribution is -2.29. The van der Waals surface area contributed by atoms with Crippen LogP contribution in [0.4, 0.5) is 10.5 Å². The minimum atomic E-state index is -0.251. The number of nitrogens with zero attached hydrogens (tertiary/aromatic N) is 1. The van der Waals surface area contributed by atoms with Crippen molar-refractivity contribution in [1.29, 1.82) is 0 Å². The third kappa shape index (κ3) is 2.82. The maximum absolute atomic E-state index is 11.7. The van der Waals surface area contributed by atoms with Crippen molar-refractivity contribution in [2.24, 2.45) is 0 Å². The van der Waals surface area contributed by atoms with Crippen LogP contribution >= 0.6 is 0 Å². The minimum absolute atomic E-state index is 0.0576. The van der Waals surface area contributed by atoms with E-state index in [-0.39, 0.29) is 12.2 Å². The molecule has 0 spiro atoms. The van der Waals surface area contributed by atoms with Gasteiger partial charge in [0.05, 0.1) is 6.54 Å². The van der Waals surface area contributed by atoms with E-state index in [1.165, 1.54) is 5.56 Å². The Kier molecular flexibility index (Phi) is 4.20. The lowest BCUT2D eigenvalue weighted by molar-refractivity contribution is 0.141. The molecule has 1 aromatic rings. The number of carbonyl (C=O) groups excluding carboxylic acids is 1. The largest absolute Gasteiger partial charge is 0.443 e. The molecule has 1 saturated heterocycles. The fourth-order valence-electron chi connectivity index (χ4n) is 2.20. The fraction of sp³-hybridized carbons (Fsp3) is 0.500. The van der Waals surface area contributed by atoms with E-state index < -0.39 is 0 Å². The van der Waals surface area contributed by atoms with Crippen molar-refractivity contribution in [2.75, 3.05) is 25.0 Å². The quantitative estimate of drug-likeness (QED) is 0.868. The lowest BCUT2D eigenvalue weighted by Gasteiger charge is -2.13. The van der Waals surface area contributed by atoms with Crippen molar-refractivity contribution < 1.29 is 9.53 Å². The molecule has 0 radical (unpaired) electrons. The zero-order chi connectivity index (χ0) is 13.0. The Labute approximate surface area is 108 Å². The van der Waals surface area contributed by atoms with Gasteiger partial charge in [0.25, 0.3) is 0 Å². The highest BCUT2D eigenvalue weighted by atomic mass is 16.6. The van der Waals surface area contributed by atoms with Gasteiger partial charge >= 0.3 is 6.09 Å². The number of likely N-dealkylation sites (N-methyl/N-ethyl adjacent to an activating group) is 1. The molecule has 1 unspecified atom stereocenters. The van der Waals surface area contributed by atoms with Crippen LogP contribution in [-0.4, -0.2) is 32.3 Å². The second-order valence-electron chi connectivity index (χ2n) is 4.59. The summed E-state index contributed by atoms with van der Waals surface area (Å²) in [5, 5.41) is 3.02. The number of hydrogen-bond acceptors (Lipinski definition) is 3. The number of amides is 1. The summed E-state index contributed by atoms with van der Waals surface area (Å²) in [5.41, 5.74) is 2.22. The molecular formula is C14H20N2O2. The first-order valence-corrected chi connectivity index (χ1v) is 6.46. The van der Waals surface area contributed by atoms with Crippen molar-refractivity contribution in [3.8, 4) is 0 Å². The average molecular weight is 248 g/mol. The second kappa shape index (κ2) is 5.87. The van der Waals surface area contributed by atoms with Crippen LogP contribution in [0, 0.1) is 0 Å². The van der Waals surface area contributed by atoms with Gasteiger partial charge in [-0.15, -0.1) is 0 Å². The molecule has 4 nitrogen and oxygen atoms in total. The van der Waals surface area contributed by atoms with Crippen LogP contribution in [-0.2, 0) is 11.2 Å². The maximum Gasteiger partial charge on any atom is 0.414 e. The molecule has 0 aliphatic carbocycles. The van der Waals surface area contributed by atoms with Gasteiger partial charge in [0.2, 0.25) is 0 Å². The molecular weight excluding hydrogens is 228 g/mol. The predicted octanol–water partition coefficient (Wildman–Crippen LogP) is 2.18. The fourth-order valence-corrected chi connectivity index (χ4v) is 2.20. The molecule has 1 amide bonds. The predicted molar refractivity (Wildman–Crippen MR) is 72.0 cm³/mol. The number of benzene rings is 1. The zero-order valence-corrected chi connectivity index (χ0v) is 11.0. The van der Waals surface area contributed by atoms with Crippen LogP contribution in [0.1, 0.15) is 18.9 Å². The third-order valence-electron chi connectivity index (χ3n) is 3.09. The first-order valence-electron chi connectivity index (χ1n) is 6.46. The summed E-state index contributed by atoms with van der Waals surface area (Å²) in [4.78, 5) is 13.4. The monoisotopic (exact) mass is 248 g/mol. The molecule has 0 bridgehead atoms. The van der Waals surface area contributed by atoms with Crippen molar-refractivity contribution >= 4 is 11.8 Å². The molecule has 0 aromatic heterocycles. The summed E-state index contributed by atoms with van der Waals surface area (Å²) in [6.07, 6.45) is 1.90. The van der Waals surface area contributed by atoms with E-state index in [1.807, 2.05) is 19.2 Å². The summed E-state index contributed by atoms with van der Waals surface area (Å²) in [6, 6.07) is 8.15. The highest BCUT2D eigenvalue weighted by Gasteiger charge is 2.31. The third-order valence-corrected chi connectivity index (χ3v) is 3.09. The smallest absolute Gasteiger partial charge is 0.414 e. The summed E-state index contributed by atoms with van der Waals surface area (Å²) in [5.74, 6) is 0. The van der Waals surface area contributed by atoms with Crippen LogP contribution in [0.3, 0.4) is 0 Å². The minimum Gasteiger partial charge on any atom is -0.443 e. The summed E-state index contributed by atoms with van der Waals surface area (Å²) < 4.78 is 5.27. The van der Waals surface area contributed by atoms with Gasteiger partial charge in [0, 0.05) is 12.2 Å². The lowest BCUT2D eigenvalue weighted by atomic mass is 10.1. The van der Waals surface area contributed by atoms with E-state index in [2.05, 4.69) is 24.4 Å². The van der Waals surface area contributed by atoms with E-state index in [4.69, 9.17) is 4.74 Å². The highest BCUT2D eigenvalue weighted by Crippen LogP contribution is 2.22. The van der Waals surface area contributed by atoms with E-state index in [1.54, 1.807) is 4.90 Å². The van der Waals surface area contributed by atoms with Crippen LogP contribution < -0.4 is 10.2 Å². The van der Waals surface area contributed by atoms with E-state index in [9.17, 15) is 4.79 Å². The van der Waals surface area contributed by atoms with Gasteiger partial charge in [0.1, 0.15) is 6.10 Å². The average Bonchev–Trinajstić information content (AvgIpc) is 2.72. The van der Waals surface area contributed by atoms with Crippen molar-refractivity contribution in [3.05, 3.63) is 29.8 Å². The Balaban J connectivity index is 2.05. The van der Waals surface area contributed by atoms with E-state index in [0.29, 0.717) is 13.1 Å². The number of ether oxygens (including phenoxy) is 1. The van der Waals surface area contributed by atoms with Gasteiger partial charge in [-0.2, -0.15) is 0 Å². The Hall–Kier alpha value is -1.55. The number of carbonyl (C=O) groups is 1. The van der Waals surface area contributed by atoms with Crippen LogP contribution in [0.2, 0.25) is 0 Å². The van der Waals surface area contributed by atoms with Crippen LogP contribution in [0.5, 0.6) is 0 Å². The Morgan fingerprint density at radius 2 is 2.11 bits per heavy atom. The van der Waals surface area contributed by atoms with Gasteiger partial charge in [-0.05, 0) is 31.2 Å². The van der Waals surface area contributed by atoms with Gasteiger partial charge in [-0.3, -0.25) is 4.90 Å². The summed E-state index contributed by atoms with van der Waals surface area (Å²) in [7, 11) is 1.86. The molecule has 4 heteroatoms. The molecule has 2 rings (SSSR count). The number of aryl methyl sites for hydroxylation is 1. The van der Waals surface area contributed by atoms with Crippen LogP contribution in [0.25, 0.3) is 0 Å². The summed E-state index contributed by atoms with van der Waals surface area (Å²) >= 11 is 0. The van der Waals surface area contributed by atoms with Gasteiger partial charge in [-0.1, -0.05) is 25.5 Å². The van der Waals surface area contributed by atoms with Crippen molar-refractivity contribution in [3.63, 3.8) is 0 Å². The molecule has 1 atom stereocenters. The maximum atomic E-state index is 11.7. The standard InChI is InChI=1S/C14H20N2O2/c1-3-4-11-5-7-12(8-6-11)16-10-13(9-15-2)18-14(16)17/h5-8,13,15H,3-4,9-10H2,1-2H3. The molecule has 1 fully saturated rings. The van der Waals surface area contributed by atoms with Gasteiger partial charge in [0.15, 0.2) is 0 Å². The molecule has 0 saturated carbocycles. The Bertz CT molecular complexity index is 403. The molecule has 1 heterocycles. The molecule has 18 heavy (non-hydrogen) atoms. The van der Waals surface area contributed by atoms with E-state index >= 15 is 0 Å². The Morgan fingerprint density at radius 3 is 2.72 bits per heavy atom. The summed E-state index contributed by atoms with van der Waals surface area (Å²) in [6.45, 7) is 3.47. The number of hydrogen-bond donors (Lipinski definition) is 1. The number of rotatable bonds is 5. The molecule has 98 valence electrons. The first kappa shape index (κ1) is 12.9. The topological polar surface area (TPSA) is 41.6 Å². The number of nitrogens with one attached hydrogen (secondary N) is 1. The number of cyclic esters (lactones) is 1. The molecule has 1 aliphatic rings. The molecule has 1 aromatic carbocycles. The SMILES string of the molecule is CCCc1ccc(N2CC(CNC)OC2=O)cc1. The Morgan fingerprint density at radius 1 is 1.39 bits per heavy atom. The van der Waals surface area contributed by atoms with Crippen molar-refractivity contribution in [1.82, 2.24) is 5.32 Å². The zero-order valence-electron chi connectivity index (χ0n) is 11.0. The normalized spacial score (nSPS) is 19.1. The van der Waals surface area contributed by atoms with Crippen molar-refractivity contribution in [2.45, 2.75) is 25.9 Å². The molecule has 1 N–H and O–H groups in total. The molecule has 1 aliphatic heterocycles. The second-order valence-corrected chi connectivity index (χ2v) is 4.59. The first-order chi connectivity index (χ1) is 8.74.